The highest BCUT2D eigenvalue weighted by Crippen LogP contribution is 2.34. The Balaban J connectivity index is 2.38. The fraction of sp³-hybridized carbons (Fsp3) is 0.133. The van der Waals surface area contributed by atoms with Crippen LogP contribution < -0.4 is 15.2 Å². The van der Waals surface area contributed by atoms with Crippen LogP contribution in [-0.4, -0.2) is 12.4 Å². The summed E-state index contributed by atoms with van der Waals surface area (Å²) in [5, 5.41) is 7.19. The fourth-order valence-electron chi connectivity index (χ4n) is 1.73. The molecule has 0 amide bonds. The number of nitrogens with one attached hydrogen (secondary N) is 1. The molecule has 0 saturated heterocycles. The Labute approximate surface area is 120 Å². The maximum atomic E-state index is 13.9. The van der Waals surface area contributed by atoms with Crippen molar-refractivity contribution >= 4 is 5.84 Å². The van der Waals surface area contributed by atoms with Gasteiger partial charge in [-0.2, -0.15) is 0 Å². The van der Waals surface area contributed by atoms with Crippen LogP contribution in [0.4, 0.5) is 8.78 Å². The van der Waals surface area contributed by atoms with Gasteiger partial charge in [0.15, 0.2) is 28.9 Å². The number of hydrogen-bond donors (Lipinski definition) is 2. The van der Waals surface area contributed by atoms with Gasteiger partial charge in [0.05, 0.1) is 6.61 Å². The van der Waals surface area contributed by atoms with Crippen LogP contribution in [0.5, 0.6) is 17.2 Å². The van der Waals surface area contributed by atoms with E-state index < -0.39 is 23.2 Å². The number of nitrogens with two attached hydrogens (primary N) is 1. The first-order chi connectivity index (χ1) is 10.0. The second-order valence-electron chi connectivity index (χ2n) is 4.16. The normalized spacial score (nSPS) is 10.2. The molecule has 0 atom stereocenters. The lowest BCUT2D eigenvalue weighted by molar-refractivity contribution is 0.315. The Morgan fingerprint density at radius 3 is 2.24 bits per heavy atom. The van der Waals surface area contributed by atoms with Gasteiger partial charge in [0, 0.05) is 5.56 Å². The summed E-state index contributed by atoms with van der Waals surface area (Å²) >= 11 is 0. The quantitative estimate of drug-likeness (QED) is 0.655. The Bertz CT molecular complexity index is 651. The molecule has 0 bridgehead atoms. The number of halogens is 2. The highest BCUT2D eigenvalue weighted by Gasteiger charge is 2.16. The van der Waals surface area contributed by atoms with Crippen LogP contribution >= 0.6 is 0 Å². The van der Waals surface area contributed by atoms with E-state index in [-0.39, 0.29) is 11.3 Å². The number of rotatable bonds is 5. The summed E-state index contributed by atoms with van der Waals surface area (Å²) in [6.45, 7) is 2.19. The zero-order valence-electron chi connectivity index (χ0n) is 11.3. The van der Waals surface area contributed by atoms with E-state index in [0.29, 0.717) is 12.4 Å². The Morgan fingerprint density at radius 1 is 1.14 bits per heavy atom. The predicted octanol–water partition coefficient (Wildman–Crippen LogP) is 3.44. The first-order valence-electron chi connectivity index (χ1n) is 6.26. The predicted molar refractivity (Wildman–Crippen MR) is 75.1 cm³/mol. The maximum Gasteiger partial charge on any atom is 0.198 e. The van der Waals surface area contributed by atoms with Crippen LogP contribution in [0.25, 0.3) is 0 Å². The Morgan fingerprint density at radius 2 is 1.71 bits per heavy atom. The van der Waals surface area contributed by atoms with Crippen molar-refractivity contribution in [2.45, 2.75) is 6.92 Å². The van der Waals surface area contributed by atoms with Crippen LogP contribution in [0.15, 0.2) is 36.4 Å². The van der Waals surface area contributed by atoms with Crippen LogP contribution in [0.3, 0.4) is 0 Å². The van der Waals surface area contributed by atoms with E-state index in [1.54, 1.807) is 31.2 Å². The standard InChI is InChI=1S/C15H14F2N2O2/c1-2-20-12-5-3-4-6-13(12)21-14-10(16)7-9(15(18)19)8-11(14)17/h3-8H,2H2,1H3,(H3,18,19). The number of para-hydroxylation sites is 2. The van der Waals surface area contributed by atoms with Crippen molar-refractivity contribution in [2.24, 2.45) is 5.73 Å². The molecule has 2 aromatic carbocycles. The van der Waals surface area contributed by atoms with Gasteiger partial charge in [0.25, 0.3) is 0 Å². The van der Waals surface area contributed by atoms with Crippen molar-refractivity contribution in [2.75, 3.05) is 6.61 Å². The molecular formula is C15H14F2N2O2. The fourth-order valence-corrected chi connectivity index (χ4v) is 1.73. The van der Waals surface area contributed by atoms with Gasteiger partial charge in [-0.1, -0.05) is 12.1 Å². The van der Waals surface area contributed by atoms with Gasteiger partial charge in [-0.3, -0.25) is 5.41 Å². The molecule has 21 heavy (non-hydrogen) atoms. The molecule has 0 unspecified atom stereocenters. The summed E-state index contributed by atoms with van der Waals surface area (Å²) in [5.74, 6) is -2.28. The van der Waals surface area contributed by atoms with Crippen molar-refractivity contribution in [3.8, 4) is 17.2 Å². The molecule has 2 rings (SSSR count). The molecule has 0 aliphatic rings. The largest absolute Gasteiger partial charge is 0.490 e. The van der Waals surface area contributed by atoms with E-state index in [0.717, 1.165) is 12.1 Å². The van der Waals surface area contributed by atoms with Gasteiger partial charge in [0.1, 0.15) is 5.84 Å². The van der Waals surface area contributed by atoms with Crippen molar-refractivity contribution in [3.63, 3.8) is 0 Å². The molecular weight excluding hydrogens is 278 g/mol. The molecule has 6 heteroatoms. The van der Waals surface area contributed by atoms with Crippen LogP contribution in [-0.2, 0) is 0 Å². The smallest absolute Gasteiger partial charge is 0.198 e. The third-order valence-corrected chi connectivity index (χ3v) is 2.67. The number of nitrogen functional groups attached to an aromatic ring is 1. The number of amidine groups is 1. The van der Waals surface area contributed by atoms with Gasteiger partial charge < -0.3 is 15.2 Å². The lowest BCUT2D eigenvalue weighted by Gasteiger charge is -2.13. The van der Waals surface area contributed by atoms with Crippen LogP contribution in [0.2, 0.25) is 0 Å². The topological polar surface area (TPSA) is 68.3 Å². The number of ether oxygens (including phenoxy) is 2. The molecule has 3 N–H and O–H groups in total. The first-order valence-corrected chi connectivity index (χ1v) is 6.26. The summed E-state index contributed by atoms with van der Waals surface area (Å²) in [7, 11) is 0. The van der Waals surface area contributed by atoms with E-state index in [1.165, 1.54) is 0 Å². The Kier molecular flexibility index (Phi) is 4.37. The maximum absolute atomic E-state index is 13.9. The van der Waals surface area contributed by atoms with Gasteiger partial charge in [0.2, 0.25) is 0 Å². The lowest BCUT2D eigenvalue weighted by atomic mass is 10.2. The average Bonchev–Trinajstić information content (AvgIpc) is 2.44. The summed E-state index contributed by atoms with van der Waals surface area (Å²) in [5.41, 5.74) is 5.16. The molecule has 0 radical (unpaired) electrons. The Hall–Kier alpha value is -2.63. The van der Waals surface area contributed by atoms with Crippen molar-refractivity contribution in [1.82, 2.24) is 0 Å². The average molecular weight is 292 g/mol. The summed E-state index contributed by atoms with van der Waals surface area (Å²) in [4.78, 5) is 0. The molecule has 0 aromatic heterocycles. The highest BCUT2D eigenvalue weighted by atomic mass is 19.1. The molecule has 0 aliphatic heterocycles. The summed E-state index contributed by atoms with van der Waals surface area (Å²) < 4.78 is 38.4. The van der Waals surface area contributed by atoms with Crippen LogP contribution in [0.1, 0.15) is 12.5 Å². The summed E-state index contributed by atoms with van der Waals surface area (Å²) in [6.07, 6.45) is 0. The lowest BCUT2D eigenvalue weighted by Crippen LogP contribution is -2.12. The van der Waals surface area contributed by atoms with Gasteiger partial charge in [-0.15, -0.1) is 0 Å². The zero-order valence-corrected chi connectivity index (χ0v) is 11.3. The minimum atomic E-state index is -0.938. The molecule has 0 spiro atoms. The molecule has 4 nitrogen and oxygen atoms in total. The molecule has 0 aliphatic carbocycles. The van der Waals surface area contributed by atoms with Crippen molar-refractivity contribution in [3.05, 3.63) is 53.6 Å². The van der Waals surface area contributed by atoms with E-state index in [9.17, 15) is 8.78 Å². The molecule has 2 aromatic rings. The first kappa shape index (κ1) is 14.8. The van der Waals surface area contributed by atoms with E-state index >= 15 is 0 Å². The van der Waals surface area contributed by atoms with Gasteiger partial charge in [-0.05, 0) is 31.2 Å². The number of benzene rings is 2. The molecule has 0 heterocycles. The van der Waals surface area contributed by atoms with Crippen molar-refractivity contribution < 1.29 is 18.3 Å². The SMILES string of the molecule is CCOc1ccccc1Oc1c(F)cc(C(=N)N)cc1F. The second-order valence-corrected chi connectivity index (χ2v) is 4.16. The van der Waals surface area contributed by atoms with E-state index in [4.69, 9.17) is 20.6 Å². The monoisotopic (exact) mass is 292 g/mol. The third-order valence-electron chi connectivity index (χ3n) is 2.67. The molecule has 0 saturated carbocycles. The zero-order chi connectivity index (χ0) is 15.4. The van der Waals surface area contributed by atoms with Crippen molar-refractivity contribution in [1.29, 1.82) is 5.41 Å². The van der Waals surface area contributed by atoms with E-state index in [1.807, 2.05) is 0 Å². The molecule has 0 fully saturated rings. The minimum absolute atomic E-state index is 0.0459. The van der Waals surface area contributed by atoms with E-state index in [2.05, 4.69) is 0 Å². The second kappa shape index (κ2) is 6.21. The van der Waals surface area contributed by atoms with Gasteiger partial charge in [-0.25, -0.2) is 8.78 Å². The molecule has 110 valence electrons. The number of hydrogen-bond acceptors (Lipinski definition) is 3. The third kappa shape index (κ3) is 3.28. The minimum Gasteiger partial charge on any atom is -0.490 e. The van der Waals surface area contributed by atoms with Crippen LogP contribution in [0, 0.1) is 17.0 Å². The van der Waals surface area contributed by atoms with Gasteiger partial charge >= 0.3 is 0 Å². The highest BCUT2D eigenvalue weighted by molar-refractivity contribution is 5.95. The summed E-state index contributed by atoms with van der Waals surface area (Å²) in [6, 6.07) is 8.47.